The van der Waals surface area contributed by atoms with E-state index in [1.165, 1.54) is 13.0 Å². The molecule has 0 N–H and O–H groups in total. The molecule has 1 rings (SSSR count). The van der Waals surface area contributed by atoms with Crippen molar-refractivity contribution in [2.45, 2.75) is 16.6 Å². The van der Waals surface area contributed by atoms with Gasteiger partial charge in [-0.15, -0.1) is 12.6 Å². The molecule has 0 amide bonds. The first-order valence-corrected chi connectivity index (χ1v) is 5.02. The molecule has 0 spiro atoms. The summed E-state index contributed by atoms with van der Waals surface area (Å²) >= 11 is 7.16. The number of carbonyl (C=O) groups is 1. The van der Waals surface area contributed by atoms with E-state index >= 15 is 0 Å². The smallest absolute Gasteiger partial charge is 0.147 e. The lowest BCUT2D eigenvalue weighted by Crippen LogP contribution is -2.02. The lowest BCUT2D eigenvalue weighted by molar-refractivity contribution is -0.116. The minimum atomic E-state index is -0.476. The molecule has 13 heavy (non-hydrogen) atoms. The van der Waals surface area contributed by atoms with Crippen LogP contribution in [0.5, 0.6) is 0 Å². The average Bonchev–Trinajstić information content (AvgIpc) is 2.08. The molecule has 1 unspecified atom stereocenters. The normalized spacial score (nSPS) is 12.6. The standard InChI is InChI=1S/C9H8BrFOS/c1-5(12)8(10)6-3-2-4-7(11)9(6)13/h2-4,8,13H,1H3. The number of hydrogen-bond acceptors (Lipinski definition) is 2. The monoisotopic (exact) mass is 262 g/mol. The summed E-state index contributed by atoms with van der Waals surface area (Å²) in [5, 5.41) is 0. The summed E-state index contributed by atoms with van der Waals surface area (Å²) in [6, 6.07) is 4.54. The van der Waals surface area contributed by atoms with Crippen LogP contribution in [0.1, 0.15) is 17.3 Å². The lowest BCUT2D eigenvalue weighted by Gasteiger charge is -2.09. The third kappa shape index (κ3) is 2.31. The summed E-state index contributed by atoms with van der Waals surface area (Å²) in [5.74, 6) is -0.479. The van der Waals surface area contributed by atoms with Crippen molar-refractivity contribution in [2.24, 2.45) is 0 Å². The highest BCUT2D eigenvalue weighted by Crippen LogP contribution is 2.30. The Bertz CT molecular complexity index is 340. The van der Waals surface area contributed by atoms with Crippen LogP contribution in [0.25, 0.3) is 0 Å². The fraction of sp³-hybridized carbons (Fsp3) is 0.222. The average molecular weight is 263 g/mol. The number of hydrogen-bond donors (Lipinski definition) is 1. The van der Waals surface area contributed by atoms with Crippen LogP contribution >= 0.6 is 28.6 Å². The second kappa shape index (κ2) is 4.24. The first-order chi connectivity index (χ1) is 6.04. The predicted molar refractivity (Wildman–Crippen MR) is 56.0 cm³/mol. The fourth-order valence-electron chi connectivity index (χ4n) is 0.956. The van der Waals surface area contributed by atoms with Crippen LogP contribution in [-0.2, 0) is 4.79 Å². The Balaban J connectivity index is 3.15. The van der Waals surface area contributed by atoms with Crippen LogP contribution in [0.2, 0.25) is 0 Å². The van der Waals surface area contributed by atoms with Gasteiger partial charge in [0, 0.05) is 4.90 Å². The van der Waals surface area contributed by atoms with E-state index in [1.54, 1.807) is 12.1 Å². The molecule has 0 heterocycles. The number of rotatable bonds is 2. The Morgan fingerprint density at radius 3 is 2.77 bits per heavy atom. The Morgan fingerprint density at radius 2 is 2.23 bits per heavy atom. The molecule has 1 atom stereocenters. The highest BCUT2D eigenvalue weighted by Gasteiger charge is 2.16. The molecule has 4 heteroatoms. The van der Waals surface area contributed by atoms with Crippen molar-refractivity contribution >= 4 is 34.3 Å². The first-order valence-electron chi connectivity index (χ1n) is 3.66. The van der Waals surface area contributed by atoms with Crippen molar-refractivity contribution in [3.63, 3.8) is 0 Å². The van der Waals surface area contributed by atoms with E-state index in [2.05, 4.69) is 28.6 Å². The molecular weight excluding hydrogens is 255 g/mol. The van der Waals surface area contributed by atoms with Crippen molar-refractivity contribution in [1.29, 1.82) is 0 Å². The van der Waals surface area contributed by atoms with E-state index in [0.717, 1.165) is 0 Å². The Morgan fingerprint density at radius 1 is 1.62 bits per heavy atom. The summed E-state index contributed by atoms with van der Waals surface area (Å²) < 4.78 is 13.0. The number of ketones is 1. The Labute approximate surface area is 89.9 Å². The van der Waals surface area contributed by atoms with E-state index in [0.29, 0.717) is 5.56 Å². The van der Waals surface area contributed by atoms with Gasteiger partial charge in [-0.2, -0.15) is 0 Å². The number of benzene rings is 1. The zero-order valence-electron chi connectivity index (χ0n) is 6.92. The predicted octanol–water partition coefficient (Wildman–Crippen LogP) is 3.14. The minimum Gasteiger partial charge on any atom is -0.298 e. The van der Waals surface area contributed by atoms with Crippen LogP contribution in [0.4, 0.5) is 4.39 Å². The number of carbonyl (C=O) groups excluding carboxylic acids is 1. The third-order valence-corrected chi connectivity index (χ3v) is 3.26. The second-order valence-electron chi connectivity index (χ2n) is 2.65. The van der Waals surface area contributed by atoms with Gasteiger partial charge in [-0.1, -0.05) is 28.1 Å². The Kier molecular flexibility index (Phi) is 3.50. The fourth-order valence-corrected chi connectivity index (χ4v) is 1.79. The van der Waals surface area contributed by atoms with E-state index in [-0.39, 0.29) is 10.7 Å². The van der Waals surface area contributed by atoms with Crippen molar-refractivity contribution < 1.29 is 9.18 Å². The van der Waals surface area contributed by atoms with Gasteiger partial charge in [-0.25, -0.2) is 4.39 Å². The van der Waals surface area contributed by atoms with Crippen molar-refractivity contribution in [3.05, 3.63) is 29.6 Å². The van der Waals surface area contributed by atoms with E-state index < -0.39 is 10.6 Å². The molecule has 70 valence electrons. The SMILES string of the molecule is CC(=O)C(Br)c1cccc(F)c1S. The van der Waals surface area contributed by atoms with Crippen LogP contribution in [0.3, 0.4) is 0 Å². The summed E-state index contributed by atoms with van der Waals surface area (Å²) in [7, 11) is 0. The zero-order chi connectivity index (χ0) is 10.0. The van der Waals surface area contributed by atoms with Gasteiger partial charge in [0.2, 0.25) is 0 Å². The van der Waals surface area contributed by atoms with Gasteiger partial charge in [0.1, 0.15) is 11.6 Å². The molecule has 0 aliphatic rings. The first kappa shape index (κ1) is 10.7. The Hall–Kier alpha value is -0.350. The van der Waals surface area contributed by atoms with Crippen LogP contribution < -0.4 is 0 Å². The molecule has 0 radical (unpaired) electrons. The summed E-state index contributed by atoms with van der Waals surface area (Å²) in [6.45, 7) is 1.44. The largest absolute Gasteiger partial charge is 0.298 e. The van der Waals surface area contributed by atoms with E-state index in [4.69, 9.17) is 0 Å². The van der Waals surface area contributed by atoms with Crippen LogP contribution in [0.15, 0.2) is 23.1 Å². The molecular formula is C9H8BrFOS. The molecule has 0 bridgehead atoms. The molecule has 0 saturated heterocycles. The van der Waals surface area contributed by atoms with Crippen molar-refractivity contribution in [1.82, 2.24) is 0 Å². The molecule has 0 fully saturated rings. The summed E-state index contributed by atoms with van der Waals surface area (Å²) in [6.07, 6.45) is 0. The quantitative estimate of drug-likeness (QED) is 0.640. The molecule has 0 aromatic heterocycles. The third-order valence-electron chi connectivity index (χ3n) is 1.65. The molecule has 0 aliphatic carbocycles. The topological polar surface area (TPSA) is 17.1 Å². The maximum absolute atomic E-state index is 13.0. The minimum absolute atomic E-state index is 0.0686. The van der Waals surface area contributed by atoms with E-state index in [1.807, 2.05) is 0 Å². The van der Waals surface area contributed by atoms with Crippen molar-refractivity contribution in [3.8, 4) is 0 Å². The molecule has 0 aliphatic heterocycles. The second-order valence-corrected chi connectivity index (χ2v) is 4.01. The highest BCUT2D eigenvalue weighted by molar-refractivity contribution is 9.09. The summed E-state index contributed by atoms with van der Waals surface area (Å²) in [4.78, 5) is 10.8. The van der Waals surface area contributed by atoms with Gasteiger partial charge in [-0.3, -0.25) is 4.79 Å². The van der Waals surface area contributed by atoms with Crippen molar-refractivity contribution in [2.75, 3.05) is 0 Å². The number of Topliss-reactive ketones (excluding diaryl/α,β-unsaturated/α-hetero) is 1. The molecule has 1 aromatic carbocycles. The van der Waals surface area contributed by atoms with Gasteiger partial charge in [0.05, 0.1) is 4.83 Å². The number of thiol groups is 1. The molecule has 0 saturated carbocycles. The summed E-state index contributed by atoms with van der Waals surface area (Å²) in [5.41, 5.74) is 0.566. The lowest BCUT2D eigenvalue weighted by atomic mass is 10.1. The van der Waals surface area contributed by atoms with Gasteiger partial charge >= 0.3 is 0 Å². The number of halogens is 2. The maximum atomic E-state index is 13.0. The molecule has 1 nitrogen and oxygen atoms in total. The van der Waals surface area contributed by atoms with Crippen LogP contribution in [0, 0.1) is 5.82 Å². The van der Waals surface area contributed by atoms with Gasteiger partial charge in [0.15, 0.2) is 0 Å². The highest BCUT2D eigenvalue weighted by atomic mass is 79.9. The van der Waals surface area contributed by atoms with Gasteiger partial charge in [-0.05, 0) is 18.6 Å². The van der Waals surface area contributed by atoms with Crippen LogP contribution in [-0.4, -0.2) is 5.78 Å². The van der Waals surface area contributed by atoms with E-state index in [9.17, 15) is 9.18 Å². The van der Waals surface area contributed by atoms with Gasteiger partial charge in [0.25, 0.3) is 0 Å². The zero-order valence-corrected chi connectivity index (χ0v) is 9.40. The number of alkyl halides is 1. The molecule has 1 aromatic rings. The maximum Gasteiger partial charge on any atom is 0.147 e. The van der Waals surface area contributed by atoms with Gasteiger partial charge < -0.3 is 0 Å².